The van der Waals surface area contributed by atoms with E-state index in [1.54, 1.807) is 11.7 Å². The zero-order chi connectivity index (χ0) is 29.3. The number of carbonyl (C=O) groups excluding carboxylic acids is 1. The van der Waals surface area contributed by atoms with Gasteiger partial charge in [-0.3, -0.25) is 4.57 Å². The Balaban J connectivity index is 1.27. The molecule has 2 heterocycles. The molecule has 1 amide bonds. The van der Waals surface area contributed by atoms with Crippen molar-refractivity contribution in [2.75, 3.05) is 26.9 Å². The van der Waals surface area contributed by atoms with Crippen molar-refractivity contribution in [3.63, 3.8) is 0 Å². The van der Waals surface area contributed by atoms with Gasteiger partial charge >= 0.3 is 6.03 Å². The van der Waals surface area contributed by atoms with Crippen LogP contribution in [-0.2, 0) is 29.2 Å². The molecule has 0 N–H and O–H groups in total. The highest BCUT2D eigenvalue weighted by atomic mass is 35.5. The molecule has 0 aliphatic carbocycles. The topological polar surface area (TPSA) is 61.5 Å². The summed E-state index contributed by atoms with van der Waals surface area (Å²) >= 11 is 6.24. The number of methoxy groups -OCH3 is 1. The van der Waals surface area contributed by atoms with E-state index in [9.17, 15) is 4.79 Å². The molecule has 8 heteroatoms. The molecule has 2 aromatic heterocycles. The van der Waals surface area contributed by atoms with E-state index < -0.39 is 0 Å². The largest absolute Gasteiger partial charge is 0.385 e. The van der Waals surface area contributed by atoms with Gasteiger partial charge in [-0.25, -0.2) is 9.78 Å². The Morgan fingerprint density at radius 3 is 2.64 bits per heavy atom. The highest BCUT2D eigenvalue weighted by Gasteiger charge is 2.20. The lowest BCUT2D eigenvalue weighted by Gasteiger charge is -2.24. The first kappa shape index (κ1) is 29.6. The molecule has 42 heavy (non-hydrogen) atoms. The molecule has 5 aromatic rings. The van der Waals surface area contributed by atoms with E-state index in [1.807, 2.05) is 73.0 Å². The third-order valence-electron chi connectivity index (χ3n) is 7.46. The highest BCUT2D eigenvalue weighted by Crippen LogP contribution is 2.29. The average molecular weight is 585 g/mol. The number of carbonyl (C=O) groups is 1. The number of aryl methyl sites for hydroxylation is 2. The Kier molecular flexibility index (Phi) is 10.1. The molecule has 0 aliphatic rings. The van der Waals surface area contributed by atoms with Gasteiger partial charge in [-0.2, -0.15) is 0 Å². The van der Waals surface area contributed by atoms with Gasteiger partial charge < -0.3 is 18.9 Å². The van der Waals surface area contributed by atoms with Gasteiger partial charge in [-0.1, -0.05) is 72.3 Å². The van der Waals surface area contributed by atoms with E-state index in [0.29, 0.717) is 32.9 Å². The van der Waals surface area contributed by atoms with Gasteiger partial charge in [0.2, 0.25) is 0 Å². The molecule has 0 unspecified atom stereocenters. The number of aromatic nitrogens is 3. The van der Waals surface area contributed by atoms with Gasteiger partial charge in [0.15, 0.2) is 0 Å². The molecule has 218 valence electrons. The van der Waals surface area contributed by atoms with Crippen molar-refractivity contribution in [2.45, 2.75) is 39.5 Å². The van der Waals surface area contributed by atoms with Crippen LogP contribution in [0.2, 0.25) is 5.02 Å². The van der Waals surface area contributed by atoms with Crippen LogP contribution in [0.25, 0.3) is 21.9 Å². The molecule has 0 aliphatic heterocycles. The summed E-state index contributed by atoms with van der Waals surface area (Å²) in [6.45, 7) is 5.42. The number of ether oxygens (including phenoxy) is 2. The first-order valence-corrected chi connectivity index (χ1v) is 14.7. The number of amides is 1. The third kappa shape index (κ3) is 7.10. The summed E-state index contributed by atoms with van der Waals surface area (Å²) in [5.41, 5.74) is 5.04. The summed E-state index contributed by atoms with van der Waals surface area (Å²) in [6, 6.07) is 24.2. The first-order valence-electron chi connectivity index (χ1n) is 14.3. The molecule has 0 fully saturated rings. The number of nitrogens with zero attached hydrogens (tertiary/aromatic N) is 4. The third-order valence-corrected chi connectivity index (χ3v) is 7.83. The van der Waals surface area contributed by atoms with Gasteiger partial charge in [0, 0.05) is 56.4 Å². The summed E-state index contributed by atoms with van der Waals surface area (Å²) in [6.07, 6.45) is 7.18. The Morgan fingerprint density at radius 1 is 0.976 bits per heavy atom. The molecule has 0 spiro atoms. The molecule has 0 saturated carbocycles. The smallest absolute Gasteiger partial charge is 0.328 e. The van der Waals surface area contributed by atoms with Crippen molar-refractivity contribution in [3.05, 3.63) is 113 Å². The lowest BCUT2D eigenvalue weighted by Crippen LogP contribution is -2.35. The van der Waals surface area contributed by atoms with Crippen LogP contribution >= 0.6 is 11.6 Å². The van der Waals surface area contributed by atoms with Gasteiger partial charge in [0.25, 0.3) is 0 Å². The number of hydrogen-bond donors (Lipinski definition) is 0. The minimum atomic E-state index is -0.0761. The molecule has 0 saturated heterocycles. The number of halogens is 1. The monoisotopic (exact) mass is 584 g/mol. The Morgan fingerprint density at radius 2 is 1.79 bits per heavy atom. The molecule has 0 radical (unpaired) electrons. The highest BCUT2D eigenvalue weighted by molar-refractivity contribution is 6.31. The van der Waals surface area contributed by atoms with E-state index in [1.165, 1.54) is 5.39 Å². The second-order valence-corrected chi connectivity index (χ2v) is 10.8. The molecule has 0 bridgehead atoms. The van der Waals surface area contributed by atoms with Crippen LogP contribution in [0.3, 0.4) is 0 Å². The molecular weight excluding hydrogens is 548 g/mol. The first-order chi connectivity index (χ1) is 20.5. The number of benzene rings is 3. The Bertz CT molecular complexity index is 1620. The normalized spacial score (nSPS) is 11.3. The fourth-order valence-corrected chi connectivity index (χ4v) is 5.37. The van der Waals surface area contributed by atoms with Crippen LogP contribution in [0.15, 0.2) is 91.5 Å². The molecule has 3 aromatic carbocycles. The van der Waals surface area contributed by atoms with Crippen LogP contribution < -0.4 is 0 Å². The van der Waals surface area contributed by atoms with Crippen LogP contribution in [0.4, 0.5) is 4.79 Å². The number of rotatable bonds is 13. The van der Waals surface area contributed by atoms with E-state index in [-0.39, 0.29) is 6.03 Å². The lowest BCUT2D eigenvalue weighted by atomic mass is 10.0. The van der Waals surface area contributed by atoms with Gasteiger partial charge in [-0.05, 0) is 53.8 Å². The molecule has 5 rings (SSSR count). The van der Waals surface area contributed by atoms with Crippen LogP contribution in [0, 0.1) is 6.92 Å². The van der Waals surface area contributed by atoms with E-state index in [0.717, 1.165) is 57.9 Å². The quantitative estimate of drug-likeness (QED) is 0.134. The number of fused-ring (bicyclic) bond motifs is 1. The van der Waals surface area contributed by atoms with Crippen LogP contribution in [-0.4, -0.2) is 51.9 Å². The van der Waals surface area contributed by atoms with Gasteiger partial charge in [0.05, 0.1) is 30.9 Å². The van der Waals surface area contributed by atoms with Crippen LogP contribution in [0.5, 0.6) is 0 Å². The second kappa shape index (κ2) is 14.3. The molecule has 7 nitrogen and oxygen atoms in total. The predicted molar refractivity (Wildman–Crippen MR) is 168 cm³/mol. The zero-order valence-corrected chi connectivity index (χ0v) is 25.0. The summed E-state index contributed by atoms with van der Waals surface area (Å²) < 4.78 is 15.0. The summed E-state index contributed by atoms with van der Waals surface area (Å²) in [5, 5.41) is 3.06. The number of imidazole rings is 1. The fourth-order valence-electron chi connectivity index (χ4n) is 5.18. The SMILES string of the molecule is COCCCN(Cc1c(C)ncn1CCCOCc1ccccc1Cl)C(=O)n1ccc(-c2cccc3ccccc23)c1. The van der Waals surface area contributed by atoms with Crippen molar-refractivity contribution in [1.29, 1.82) is 0 Å². The van der Waals surface area contributed by atoms with Gasteiger partial charge in [0.1, 0.15) is 0 Å². The maximum absolute atomic E-state index is 13.8. The van der Waals surface area contributed by atoms with Gasteiger partial charge in [-0.15, -0.1) is 0 Å². The van der Waals surface area contributed by atoms with E-state index >= 15 is 0 Å². The van der Waals surface area contributed by atoms with Crippen molar-refractivity contribution in [3.8, 4) is 11.1 Å². The summed E-state index contributed by atoms with van der Waals surface area (Å²) in [5.74, 6) is 0. The van der Waals surface area contributed by atoms with E-state index in [2.05, 4.69) is 39.9 Å². The number of hydrogen-bond acceptors (Lipinski definition) is 4. The summed E-state index contributed by atoms with van der Waals surface area (Å²) in [4.78, 5) is 20.3. The standard InChI is InChI=1S/C34H37ClN4O3/c1-26-33(39(25-36-26)18-9-21-42-24-29-11-4-6-15-32(29)35)23-37(17-8-20-41-2)34(40)38-19-16-28(22-38)31-14-7-12-27-10-3-5-13-30(27)31/h3-7,10-16,19,22,25H,8-9,17-18,20-21,23-24H2,1-2H3. The summed E-state index contributed by atoms with van der Waals surface area (Å²) in [7, 11) is 1.68. The van der Waals surface area contributed by atoms with Crippen molar-refractivity contribution >= 4 is 28.4 Å². The lowest BCUT2D eigenvalue weighted by molar-refractivity contribution is 0.115. The molecular formula is C34H37ClN4O3. The Labute approximate surface area is 252 Å². The molecule has 0 atom stereocenters. The fraction of sp³-hybridized carbons (Fsp3) is 0.294. The van der Waals surface area contributed by atoms with E-state index in [4.69, 9.17) is 21.1 Å². The minimum absolute atomic E-state index is 0.0761. The van der Waals surface area contributed by atoms with Crippen LogP contribution in [0.1, 0.15) is 29.8 Å². The average Bonchev–Trinajstić information content (AvgIpc) is 3.64. The maximum Gasteiger partial charge on any atom is 0.328 e. The predicted octanol–water partition coefficient (Wildman–Crippen LogP) is 7.58. The van der Waals surface area contributed by atoms with Crippen molar-refractivity contribution in [1.82, 2.24) is 19.0 Å². The van der Waals surface area contributed by atoms with Crippen molar-refractivity contribution in [2.24, 2.45) is 0 Å². The Hall–Kier alpha value is -3.91. The minimum Gasteiger partial charge on any atom is -0.385 e. The zero-order valence-electron chi connectivity index (χ0n) is 24.2. The maximum atomic E-state index is 13.8. The second-order valence-electron chi connectivity index (χ2n) is 10.4. The van der Waals surface area contributed by atoms with Crippen molar-refractivity contribution < 1.29 is 14.3 Å².